The summed E-state index contributed by atoms with van der Waals surface area (Å²) in [6.45, 7) is 31.6. The molecule has 0 amide bonds. The highest BCUT2D eigenvalue weighted by Crippen LogP contribution is 1.96. The van der Waals surface area contributed by atoms with Crippen molar-refractivity contribution in [1.29, 1.82) is 0 Å². The Hall–Kier alpha value is -0.640. The van der Waals surface area contributed by atoms with Gasteiger partial charge in [0.25, 0.3) is 0 Å². The molecule has 0 bridgehead atoms. The number of nitrogens with one attached hydrogen (secondary N) is 7. The second-order valence-corrected chi connectivity index (χ2v) is 13.0. The van der Waals surface area contributed by atoms with Crippen LogP contribution in [0.25, 0.3) is 0 Å². The zero-order chi connectivity index (χ0) is 36.8. The Balaban J connectivity index is 4.64. The number of rotatable bonds is 42. The molecule has 0 radical (unpaired) electrons. The van der Waals surface area contributed by atoms with Crippen molar-refractivity contribution in [3.63, 3.8) is 0 Å². The zero-order valence-corrected chi connectivity index (χ0v) is 33.0. The summed E-state index contributed by atoms with van der Waals surface area (Å²) < 4.78 is 0. The summed E-state index contributed by atoms with van der Waals surface area (Å²) in [5.74, 6) is 0. The predicted molar refractivity (Wildman–Crippen MR) is 216 cm³/mol. The van der Waals surface area contributed by atoms with Gasteiger partial charge in [-0.15, -0.1) is 0 Å². The summed E-state index contributed by atoms with van der Waals surface area (Å²) in [4.78, 5) is 12.4. The molecule has 0 saturated heterocycles. The molecule has 0 saturated carbocycles. The van der Waals surface area contributed by atoms with E-state index in [9.17, 15) is 0 Å². The third kappa shape index (κ3) is 33.2. The second-order valence-electron chi connectivity index (χ2n) is 13.0. The molecule has 15 N–H and O–H groups in total. The van der Waals surface area contributed by atoms with Crippen LogP contribution < -0.4 is 60.2 Å². The Kier molecular flexibility index (Phi) is 39.1. The molecule has 16 nitrogen and oxygen atoms in total. The van der Waals surface area contributed by atoms with Crippen LogP contribution in [0.3, 0.4) is 0 Å². The highest BCUT2D eigenvalue weighted by Gasteiger charge is 2.12. The lowest BCUT2D eigenvalue weighted by molar-refractivity contribution is 0.180. The van der Waals surface area contributed by atoms with Crippen molar-refractivity contribution in [1.82, 2.24) is 61.7 Å². The van der Waals surface area contributed by atoms with Crippen LogP contribution in [-0.4, -0.2) is 241 Å². The lowest BCUT2D eigenvalue weighted by atomic mass is 10.3. The van der Waals surface area contributed by atoms with Crippen LogP contribution in [0.15, 0.2) is 0 Å². The fourth-order valence-electron chi connectivity index (χ4n) is 5.56. The minimum atomic E-state index is 0.672. The number of nitrogens with zero attached hydrogens (tertiary/aromatic N) is 5. The first-order valence-corrected chi connectivity index (χ1v) is 19.8. The second kappa shape index (κ2) is 39.6. The van der Waals surface area contributed by atoms with E-state index in [0.29, 0.717) is 26.2 Å². The van der Waals surface area contributed by atoms with E-state index < -0.39 is 0 Å². The monoisotopic (exact) mass is 719 g/mol. The molecule has 0 rings (SSSR count). The summed E-state index contributed by atoms with van der Waals surface area (Å²) in [6.07, 6.45) is 0. The van der Waals surface area contributed by atoms with Crippen molar-refractivity contribution in [3.8, 4) is 0 Å². The van der Waals surface area contributed by atoms with Gasteiger partial charge in [-0.05, 0) is 20.6 Å². The smallest absolute Gasteiger partial charge is 0.0110 e. The van der Waals surface area contributed by atoms with E-state index in [1.807, 2.05) is 7.05 Å². The van der Waals surface area contributed by atoms with Crippen molar-refractivity contribution < 1.29 is 0 Å². The average molecular weight is 719 g/mol. The van der Waals surface area contributed by atoms with Crippen molar-refractivity contribution in [2.24, 2.45) is 22.9 Å². The molecule has 0 aromatic carbocycles. The Morgan fingerprint density at radius 1 is 0.340 bits per heavy atom. The quantitative estimate of drug-likeness (QED) is 0.0267. The molecule has 50 heavy (non-hydrogen) atoms. The number of likely N-dealkylation sites (N-methyl/N-ethyl adjacent to an activating group) is 3. The van der Waals surface area contributed by atoms with E-state index in [-0.39, 0.29) is 0 Å². The number of hydrogen-bond donors (Lipinski definition) is 11. The minimum absolute atomic E-state index is 0.672. The van der Waals surface area contributed by atoms with Crippen molar-refractivity contribution in [3.05, 3.63) is 0 Å². The van der Waals surface area contributed by atoms with Gasteiger partial charge in [0.05, 0.1) is 0 Å². The molecule has 302 valence electrons. The SMILES string of the molecule is CCNCCNCCNCCN(CCNCCN(CCN)CCN(CCN)CCN(CCN)CCNC)CCN(C)CCNCCNCCN. The summed E-state index contributed by atoms with van der Waals surface area (Å²) >= 11 is 0. The average Bonchev–Trinajstić information content (AvgIpc) is 3.11. The van der Waals surface area contributed by atoms with E-state index in [1.165, 1.54) is 0 Å². The largest absolute Gasteiger partial charge is 0.329 e. The predicted octanol–water partition coefficient (Wildman–Crippen LogP) is -5.26. The van der Waals surface area contributed by atoms with Gasteiger partial charge in [-0.3, -0.25) is 19.6 Å². The van der Waals surface area contributed by atoms with Gasteiger partial charge in [0, 0.05) is 196 Å². The van der Waals surface area contributed by atoms with E-state index in [1.54, 1.807) is 0 Å². The lowest BCUT2D eigenvalue weighted by Crippen LogP contribution is -2.46. The van der Waals surface area contributed by atoms with Crippen LogP contribution >= 0.6 is 0 Å². The van der Waals surface area contributed by atoms with Crippen LogP contribution in [0.1, 0.15) is 6.92 Å². The summed E-state index contributed by atoms with van der Waals surface area (Å²) in [6, 6.07) is 0. The third-order valence-electron chi connectivity index (χ3n) is 8.77. The summed E-state index contributed by atoms with van der Waals surface area (Å²) in [5, 5.41) is 24.3. The fraction of sp³-hybridized carbons (Fsp3) is 1.00. The van der Waals surface area contributed by atoms with Crippen molar-refractivity contribution in [2.45, 2.75) is 6.92 Å². The maximum atomic E-state index is 6.01. The maximum absolute atomic E-state index is 6.01. The van der Waals surface area contributed by atoms with Crippen LogP contribution in [0.5, 0.6) is 0 Å². The highest BCUT2D eigenvalue weighted by molar-refractivity contribution is 4.70. The molecular formula is C34H86N16. The molecule has 0 aliphatic carbocycles. The molecule has 0 aliphatic rings. The topological polar surface area (TPSA) is 204 Å². The Bertz CT molecular complexity index is 652. The number of nitrogens with two attached hydrogens (primary N) is 4. The Labute approximate surface area is 308 Å². The van der Waals surface area contributed by atoms with E-state index in [2.05, 4.69) is 75.7 Å². The maximum Gasteiger partial charge on any atom is 0.0110 e. The fourth-order valence-corrected chi connectivity index (χ4v) is 5.56. The molecular weight excluding hydrogens is 632 g/mol. The molecule has 0 fully saturated rings. The van der Waals surface area contributed by atoms with Crippen LogP contribution in [-0.2, 0) is 0 Å². The lowest BCUT2D eigenvalue weighted by Gasteiger charge is -2.30. The van der Waals surface area contributed by atoms with E-state index in [0.717, 1.165) is 177 Å². The normalized spacial score (nSPS) is 12.2. The molecule has 0 aromatic heterocycles. The van der Waals surface area contributed by atoms with Crippen molar-refractivity contribution >= 4 is 0 Å². The zero-order valence-electron chi connectivity index (χ0n) is 33.0. The molecule has 0 heterocycles. The van der Waals surface area contributed by atoms with Gasteiger partial charge < -0.3 is 65.1 Å². The van der Waals surface area contributed by atoms with Gasteiger partial charge in [0.15, 0.2) is 0 Å². The van der Waals surface area contributed by atoms with Gasteiger partial charge in [-0.25, -0.2) is 0 Å². The molecule has 0 unspecified atom stereocenters. The van der Waals surface area contributed by atoms with E-state index in [4.69, 9.17) is 22.9 Å². The summed E-state index contributed by atoms with van der Waals surface area (Å²) in [7, 11) is 4.22. The van der Waals surface area contributed by atoms with Crippen LogP contribution in [0.2, 0.25) is 0 Å². The van der Waals surface area contributed by atoms with Gasteiger partial charge in [0.1, 0.15) is 0 Å². The van der Waals surface area contributed by atoms with Gasteiger partial charge in [0.2, 0.25) is 0 Å². The van der Waals surface area contributed by atoms with Crippen LogP contribution in [0, 0.1) is 0 Å². The third-order valence-corrected chi connectivity index (χ3v) is 8.77. The standard InChI is InChI=1S/C34H86N16/c1-4-40-10-11-42-13-15-44-18-27-50(30-29-46(3)24-17-43-14-12-41-9-5-35)28-20-45-19-26-48(22-7-37)32-34-49(23-8-38)33-31-47(21-6-36)25-16-39-2/h39-45H,4-38H2,1-3H3. The molecule has 0 aromatic rings. The van der Waals surface area contributed by atoms with Gasteiger partial charge in [-0.1, -0.05) is 6.92 Å². The highest BCUT2D eigenvalue weighted by atomic mass is 15.2. The van der Waals surface area contributed by atoms with Crippen molar-refractivity contribution in [2.75, 3.05) is 217 Å². The van der Waals surface area contributed by atoms with Gasteiger partial charge >= 0.3 is 0 Å². The molecule has 0 atom stereocenters. The molecule has 16 heteroatoms. The summed E-state index contributed by atoms with van der Waals surface area (Å²) in [5.41, 5.74) is 23.4. The first kappa shape index (κ1) is 49.4. The first-order valence-electron chi connectivity index (χ1n) is 19.8. The molecule has 0 spiro atoms. The Morgan fingerprint density at radius 3 is 1.12 bits per heavy atom. The molecule has 0 aliphatic heterocycles. The van der Waals surface area contributed by atoms with Crippen LogP contribution in [0.4, 0.5) is 0 Å². The minimum Gasteiger partial charge on any atom is -0.329 e. The number of hydrogen-bond acceptors (Lipinski definition) is 16. The Morgan fingerprint density at radius 2 is 0.680 bits per heavy atom. The first-order chi connectivity index (χ1) is 24.5. The van der Waals surface area contributed by atoms with Gasteiger partial charge in [-0.2, -0.15) is 0 Å². The van der Waals surface area contributed by atoms with E-state index >= 15 is 0 Å².